The molecule has 176 valence electrons. The van der Waals surface area contributed by atoms with Crippen LogP contribution < -0.4 is 10.1 Å². The van der Waals surface area contributed by atoms with Crippen molar-refractivity contribution in [1.82, 2.24) is 19.3 Å². The summed E-state index contributed by atoms with van der Waals surface area (Å²) in [5.41, 5.74) is 6.21. The Morgan fingerprint density at radius 2 is 1.76 bits per heavy atom. The second kappa shape index (κ2) is 10.2. The molecule has 0 atom stereocenters. The lowest BCUT2D eigenvalue weighted by Gasteiger charge is -2.13. The lowest BCUT2D eigenvalue weighted by Crippen LogP contribution is -2.16. The number of nitrogens with zero attached hydrogens (tertiary/aromatic N) is 4. The molecule has 2 aromatic carbocycles. The van der Waals surface area contributed by atoms with E-state index in [9.17, 15) is 4.79 Å². The number of carbonyl (C=O) groups excluding carboxylic acids is 1. The Kier molecular flexibility index (Phi) is 7.07. The van der Waals surface area contributed by atoms with Crippen LogP contribution in [0.4, 0.5) is 5.69 Å². The first-order valence-electron chi connectivity index (χ1n) is 11.0. The van der Waals surface area contributed by atoms with E-state index in [1.54, 1.807) is 7.11 Å². The third-order valence-corrected chi connectivity index (χ3v) is 6.62. The highest BCUT2D eigenvalue weighted by Crippen LogP contribution is 2.26. The van der Waals surface area contributed by atoms with E-state index >= 15 is 0 Å². The van der Waals surface area contributed by atoms with Gasteiger partial charge in [0.15, 0.2) is 5.16 Å². The fourth-order valence-electron chi connectivity index (χ4n) is 4.02. The molecule has 0 bridgehead atoms. The number of hydrogen-bond donors (Lipinski definition) is 1. The molecule has 2 heterocycles. The zero-order valence-electron chi connectivity index (χ0n) is 20.1. The summed E-state index contributed by atoms with van der Waals surface area (Å²) < 4.78 is 9.38. The Morgan fingerprint density at radius 1 is 1.06 bits per heavy atom. The third kappa shape index (κ3) is 5.17. The Morgan fingerprint density at radius 3 is 2.38 bits per heavy atom. The second-order valence-electron chi connectivity index (χ2n) is 8.33. The minimum Gasteiger partial charge on any atom is -0.497 e. The molecule has 0 saturated heterocycles. The molecular weight excluding hydrogens is 446 g/mol. The number of hydrogen-bond acceptors (Lipinski definition) is 5. The molecule has 0 radical (unpaired) electrons. The van der Waals surface area contributed by atoms with Crippen LogP contribution in [-0.4, -0.2) is 38.1 Å². The Hall–Kier alpha value is -3.52. The highest BCUT2D eigenvalue weighted by Gasteiger charge is 2.18. The van der Waals surface area contributed by atoms with E-state index in [-0.39, 0.29) is 11.7 Å². The van der Waals surface area contributed by atoms with Gasteiger partial charge in [0, 0.05) is 36.7 Å². The molecule has 4 rings (SSSR count). The molecule has 0 aliphatic rings. The van der Waals surface area contributed by atoms with Crippen molar-refractivity contribution in [3.05, 3.63) is 82.9 Å². The monoisotopic (exact) mass is 475 g/mol. The summed E-state index contributed by atoms with van der Waals surface area (Å²) >= 11 is 1.37. The van der Waals surface area contributed by atoms with E-state index < -0.39 is 0 Å². The predicted octanol–water partition coefficient (Wildman–Crippen LogP) is 4.86. The van der Waals surface area contributed by atoms with Crippen LogP contribution in [0.25, 0.3) is 5.69 Å². The fourth-order valence-corrected chi connectivity index (χ4v) is 4.79. The summed E-state index contributed by atoms with van der Waals surface area (Å²) in [6.45, 7) is 6.08. The standard InChI is InChI=1S/C26H29N5O2S/c1-17-13-18(2)25(19(3)14-17)27-24(32)16-34-26-29-28-23(15-21-7-6-12-30(21)4)31(26)20-8-10-22(33-5)11-9-20/h6-14H,15-16H2,1-5H3,(H,27,32). The molecule has 1 N–H and O–H groups in total. The number of anilines is 1. The molecule has 0 saturated carbocycles. The number of nitrogens with one attached hydrogen (secondary N) is 1. The van der Waals surface area contributed by atoms with Gasteiger partial charge >= 0.3 is 0 Å². The van der Waals surface area contributed by atoms with Gasteiger partial charge in [-0.05, 0) is 68.3 Å². The van der Waals surface area contributed by atoms with Crippen LogP contribution >= 0.6 is 11.8 Å². The first kappa shape index (κ1) is 23.6. The highest BCUT2D eigenvalue weighted by atomic mass is 32.2. The summed E-state index contributed by atoms with van der Waals surface area (Å²) in [5, 5.41) is 12.6. The van der Waals surface area contributed by atoms with Crippen molar-refractivity contribution in [3.63, 3.8) is 0 Å². The van der Waals surface area contributed by atoms with Crippen molar-refractivity contribution < 1.29 is 9.53 Å². The molecule has 4 aromatic rings. The van der Waals surface area contributed by atoms with Gasteiger partial charge in [0.25, 0.3) is 0 Å². The van der Waals surface area contributed by atoms with Crippen LogP contribution in [0.5, 0.6) is 5.75 Å². The molecule has 8 heteroatoms. The molecule has 0 aliphatic carbocycles. The normalized spacial score (nSPS) is 11.0. The number of ether oxygens (including phenoxy) is 1. The Balaban J connectivity index is 1.57. The SMILES string of the molecule is COc1ccc(-n2c(Cc3cccn3C)nnc2SCC(=O)Nc2c(C)cc(C)cc2C)cc1. The number of benzene rings is 2. The summed E-state index contributed by atoms with van der Waals surface area (Å²) in [7, 11) is 3.66. The second-order valence-corrected chi connectivity index (χ2v) is 9.27. The number of rotatable bonds is 8. The van der Waals surface area contributed by atoms with E-state index in [0.717, 1.165) is 39.8 Å². The zero-order chi connectivity index (χ0) is 24.2. The first-order chi connectivity index (χ1) is 16.4. The smallest absolute Gasteiger partial charge is 0.234 e. The fraction of sp³-hybridized carbons (Fsp3) is 0.269. The van der Waals surface area contributed by atoms with E-state index in [4.69, 9.17) is 4.74 Å². The lowest BCUT2D eigenvalue weighted by molar-refractivity contribution is -0.113. The molecular formula is C26H29N5O2S. The number of aryl methyl sites for hydroxylation is 4. The van der Waals surface area contributed by atoms with Gasteiger partial charge in [-0.15, -0.1) is 10.2 Å². The van der Waals surface area contributed by atoms with Crippen LogP contribution in [0.1, 0.15) is 28.2 Å². The van der Waals surface area contributed by atoms with Crippen molar-refractivity contribution in [2.45, 2.75) is 32.3 Å². The van der Waals surface area contributed by atoms with Crippen molar-refractivity contribution in [3.8, 4) is 11.4 Å². The molecule has 0 aliphatic heterocycles. The minimum absolute atomic E-state index is 0.0756. The van der Waals surface area contributed by atoms with Gasteiger partial charge in [0.1, 0.15) is 11.6 Å². The van der Waals surface area contributed by atoms with Crippen molar-refractivity contribution >= 4 is 23.4 Å². The molecule has 1 amide bonds. The van der Waals surface area contributed by atoms with Gasteiger partial charge in [-0.1, -0.05) is 29.5 Å². The maximum Gasteiger partial charge on any atom is 0.234 e. The van der Waals surface area contributed by atoms with Gasteiger partial charge in [-0.2, -0.15) is 0 Å². The Labute approximate surface area is 204 Å². The number of carbonyl (C=O) groups is 1. The van der Waals surface area contributed by atoms with Crippen LogP contribution in [0.3, 0.4) is 0 Å². The van der Waals surface area contributed by atoms with E-state index in [2.05, 4.69) is 45.2 Å². The van der Waals surface area contributed by atoms with Gasteiger partial charge in [0.05, 0.1) is 12.9 Å². The van der Waals surface area contributed by atoms with Crippen molar-refractivity contribution in [2.24, 2.45) is 7.05 Å². The van der Waals surface area contributed by atoms with E-state index in [1.807, 2.05) is 62.0 Å². The summed E-state index contributed by atoms with van der Waals surface area (Å²) in [6.07, 6.45) is 2.63. The van der Waals surface area contributed by atoms with Gasteiger partial charge < -0.3 is 14.6 Å². The van der Waals surface area contributed by atoms with E-state index in [0.29, 0.717) is 11.6 Å². The van der Waals surface area contributed by atoms with Gasteiger partial charge in [-0.3, -0.25) is 9.36 Å². The topological polar surface area (TPSA) is 74.0 Å². The average Bonchev–Trinajstić information content (AvgIpc) is 3.41. The number of aromatic nitrogens is 4. The van der Waals surface area contributed by atoms with Gasteiger partial charge in [-0.25, -0.2) is 0 Å². The van der Waals surface area contributed by atoms with Crippen LogP contribution in [0.15, 0.2) is 59.9 Å². The molecule has 0 spiro atoms. The van der Waals surface area contributed by atoms with E-state index in [1.165, 1.54) is 17.3 Å². The highest BCUT2D eigenvalue weighted by molar-refractivity contribution is 7.99. The molecule has 7 nitrogen and oxygen atoms in total. The number of amides is 1. The summed E-state index contributed by atoms with van der Waals surface area (Å²) in [6, 6.07) is 16.0. The lowest BCUT2D eigenvalue weighted by atomic mass is 10.1. The van der Waals surface area contributed by atoms with Crippen LogP contribution in [0, 0.1) is 20.8 Å². The summed E-state index contributed by atoms with van der Waals surface area (Å²) in [4.78, 5) is 12.8. The van der Waals surface area contributed by atoms with Crippen LogP contribution in [-0.2, 0) is 18.3 Å². The first-order valence-corrected chi connectivity index (χ1v) is 12.0. The van der Waals surface area contributed by atoms with Gasteiger partial charge in [0.2, 0.25) is 5.91 Å². The average molecular weight is 476 g/mol. The Bertz CT molecular complexity index is 1280. The molecule has 0 unspecified atom stereocenters. The molecule has 34 heavy (non-hydrogen) atoms. The third-order valence-electron chi connectivity index (χ3n) is 5.70. The number of methoxy groups -OCH3 is 1. The minimum atomic E-state index is -0.0756. The zero-order valence-corrected chi connectivity index (χ0v) is 20.9. The largest absolute Gasteiger partial charge is 0.497 e. The molecule has 0 fully saturated rings. The van der Waals surface area contributed by atoms with Crippen molar-refractivity contribution in [1.29, 1.82) is 0 Å². The summed E-state index contributed by atoms with van der Waals surface area (Å²) in [5.74, 6) is 1.73. The molecule has 2 aromatic heterocycles. The quantitative estimate of drug-likeness (QED) is 0.368. The maximum absolute atomic E-state index is 12.8. The van der Waals surface area contributed by atoms with Crippen molar-refractivity contribution in [2.75, 3.05) is 18.2 Å². The predicted molar refractivity (Wildman–Crippen MR) is 136 cm³/mol. The maximum atomic E-state index is 12.8. The number of thioether (sulfide) groups is 1. The van der Waals surface area contributed by atoms with Crippen LogP contribution in [0.2, 0.25) is 0 Å².